The lowest BCUT2D eigenvalue weighted by molar-refractivity contribution is 0.178. The molecule has 2 unspecified atom stereocenters. The maximum atomic E-state index is 11.5. The first kappa shape index (κ1) is 24.1. The highest BCUT2D eigenvalue weighted by atomic mass is 31.3. The van der Waals surface area contributed by atoms with E-state index in [1.54, 1.807) is 6.08 Å². The Morgan fingerprint density at radius 1 is 1.16 bits per heavy atom. The second-order valence-corrected chi connectivity index (χ2v) is 8.35. The lowest BCUT2D eigenvalue weighted by Gasteiger charge is -2.13. The average Bonchev–Trinajstić information content (AvgIpc) is 2.50. The van der Waals surface area contributed by atoms with Gasteiger partial charge >= 0.3 is 15.6 Å². The van der Waals surface area contributed by atoms with Crippen LogP contribution in [0.25, 0.3) is 10.4 Å². The molecule has 2 atom stereocenters. The number of phosphoric acid groups is 2. The summed E-state index contributed by atoms with van der Waals surface area (Å²) < 4.78 is 35.2. The summed E-state index contributed by atoms with van der Waals surface area (Å²) in [4.78, 5) is 21.0. The van der Waals surface area contributed by atoms with Gasteiger partial charge in [0.1, 0.15) is 0 Å². The number of nitrogens with zero attached hydrogens (tertiary/aromatic N) is 3. The van der Waals surface area contributed by atoms with Gasteiger partial charge in [-0.1, -0.05) is 28.4 Å². The molecule has 0 bridgehead atoms. The summed E-state index contributed by atoms with van der Waals surface area (Å²) in [6.45, 7) is 4.08. The molecular weight excluding hydrogens is 372 g/mol. The summed E-state index contributed by atoms with van der Waals surface area (Å²) in [5.74, 6) is 0. The maximum absolute atomic E-state index is 11.5. The first-order chi connectivity index (χ1) is 11.6. The van der Waals surface area contributed by atoms with Gasteiger partial charge in [0.25, 0.3) is 0 Å². The summed E-state index contributed by atoms with van der Waals surface area (Å²) in [5.41, 5.74) is 10.3. The molecule has 0 fully saturated rings. The van der Waals surface area contributed by atoms with Crippen LogP contribution in [0.5, 0.6) is 0 Å². The predicted molar refractivity (Wildman–Crippen MR) is 93.7 cm³/mol. The molecule has 0 radical (unpaired) electrons. The van der Waals surface area contributed by atoms with Crippen molar-refractivity contribution in [2.75, 3.05) is 20.3 Å². The van der Waals surface area contributed by atoms with Crippen LogP contribution in [-0.2, 0) is 22.5 Å². The zero-order valence-electron chi connectivity index (χ0n) is 14.6. The van der Waals surface area contributed by atoms with E-state index >= 15 is 0 Å². The molecule has 0 aliphatic carbocycles. The van der Waals surface area contributed by atoms with Gasteiger partial charge in [0.05, 0.1) is 6.61 Å². The lowest BCUT2D eigenvalue weighted by atomic mass is 10.1. The minimum absolute atomic E-state index is 0.238. The van der Waals surface area contributed by atoms with Crippen LogP contribution in [0.4, 0.5) is 0 Å². The van der Waals surface area contributed by atoms with Gasteiger partial charge < -0.3 is 9.79 Å². The van der Waals surface area contributed by atoms with Crippen molar-refractivity contribution in [3.8, 4) is 0 Å². The van der Waals surface area contributed by atoms with E-state index in [4.69, 9.17) is 10.4 Å². The van der Waals surface area contributed by atoms with E-state index in [-0.39, 0.29) is 6.61 Å². The molecule has 25 heavy (non-hydrogen) atoms. The van der Waals surface area contributed by atoms with Crippen LogP contribution < -0.4 is 0 Å². The third-order valence-corrected chi connectivity index (χ3v) is 5.62. The molecule has 144 valence electrons. The SMILES string of the molecule is COP(=O)(O)OP(=O)(O)OC/C=C(\C)CC/C=C(\C)CCCN=[N+]=[N-]. The van der Waals surface area contributed by atoms with Crippen molar-refractivity contribution in [2.24, 2.45) is 5.11 Å². The fraction of sp³-hybridized carbons (Fsp3) is 0.692. The van der Waals surface area contributed by atoms with Crippen LogP contribution in [0, 0.1) is 0 Å². The molecule has 10 nitrogen and oxygen atoms in total. The molecular formula is C13H25N3O7P2. The van der Waals surface area contributed by atoms with Crippen LogP contribution in [-0.4, -0.2) is 30.0 Å². The lowest BCUT2D eigenvalue weighted by Crippen LogP contribution is -1.96. The minimum atomic E-state index is -4.68. The maximum Gasteiger partial charge on any atom is 0.481 e. The van der Waals surface area contributed by atoms with E-state index in [9.17, 15) is 14.0 Å². The van der Waals surface area contributed by atoms with Crippen molar-refractivity contribution >= 4 is 15.6 Å². The molecule has 2 N–H and O–H groups in total. The van der Waals surface area contributed by atoms with Crippen LogP contribution >= 0.6 is 15.6 Å². The Kier molecular flexibility index (Phi) is 11.9. The van der Waals surface area contributed by atoms with Crippen molar-refractivity contribution in [1.29, 1.82) is 0 Å². The molecule has 0 aromatic carbocycles. The molecule has 0 rings (SSSR count). The molecule has 0 saturated heterocycles. The summed E-state index contributed by atoms with van der Waals surface area (Å²) in [6.07, 6.45) is 6.84. The third kappa shape index (κ3) is 14.0. The molecule has 0 aromatic heterocycles. The second kappa shape index (κ2) is 12.4. The van der Waals surface area contributed by atoms with E-state index in [1.807, 2.05) is 13.8 Å². The predicted octanol–water partition coefficient (Wildman–Crippen LogP) is 4.63. The van der Waals surface area contributed by atoms with Gasteiger partial charge in [-0.15, -0.1) is 0 Å². The Balaban J connectivity index is 4.19. The van der Waals surface area contributed by atoms with E-state index in [2.05, 4.69) is 29.5 Å². The smallest absolute Gasteiger partial charge is 0.302 e. The number of hydrogen-bond donors (Lipinski definition) is 2. The third-order valence-electron chi connectivity index (χ3n) is 3.03. The van der Waals surface area contributed by atoms with Gasteiger partial charge in [-0.3, -0.25) is 9.05 Å². The van der Waals surface area contributed by atoms with Crippen LogP contribution in [0.1, 0.15) is 39.5 Å². The van der Waals surface area contributed by atoms with Gasteiger partial charge in [0.2, 0.25) is 0 Å². The topological polar surface area (TPSA) is 151 Å². The largest absolute Gasteiger partial charge is 0.481 e. The van der Waals surface area contributed by atoms with Gasteiger partial charge in [0.15, 0.2) is 0 Å². The first-order valence-corrected chi connectivity index (χ1v) is 10.5. The number of hydrogen-bond acceptors (Lipinski definition) is 6. The molecule has 0 saturated carbocycles. The highest BCUT2D eigenvalue weighted by Gasteiger charge is 2.33. The Bertz CT molecular complexity index is 615. The first-order valence-electron chi connectivity index (χ1n) is 7.51. The molecule has 12 heteroatoms. The van der Waals surface area contributed by atoms with Crippen LogP contribution in [0.15, 0.2) is 28.4 Å². The minimum Gasteiger partial charge on any atom is -0.302 e. The zero-order valence-corrected chi connectivity index (χ0v) is 16.4. The highest BCUT2D eigenvalue weighted by Crippen LogP contribution is 2.59. The molecule has 0 aromatic rings. The van der Waals surface area contributed by atoms with Crippen molar-refractivity contribution in [1.82, 2.24) is 0 Å². The summed E-state index contributed by atoms with van der Waals surface area (Å²) >= 11 is 0. The van der Waals surface area contributed by atoms with Crippen molar-refractivity contribution in [3.63, 3.8) is 0 Å². The standard InChI is InChI=1S/C13H25N3O7P2/c1-12(8-5-10-15-16-14)6-4-7-13(2)9-11-22-25(19,20)23-24(17,18)21-3/h6,9H,4-5,7-8,10-11H2,1-3H3,(H,17,18)(H,19,20)/b12-6+,13-9+. The van der Waals surface area contributed by atoms with E-state index in [0.29, 0.717) is 6.54 Å². The highest BCUT2D eigenvalue weighted by molar-refractivity contribution is 7.61. The number of rotatable bonds is 13. The van der Waals surface area contributed by atoms with Gasteiger partial charge in [-0.25, -0.2) is 9.13 Å². The van der Waals surface area contributed by atoms with Gasteiger partial charge in [-0.05, 0) is 45.1 Å². The number of phosphoric ester groups is 2. The van der Waals surface area contributed by atoms with Crippen molar-refractivity contribution in [2.45, 2.75) is 39.5 Å². The molecule has 0 aliphatic heterocycles. The number of azide groups is 1. The molecule has 0 amide bonds. The second-order valence-electron chi connectivity index (χ2n) is 5.19. The number of allylic oxidation sites excluding steroid dienone is 3. The Hall–Kier alpha value is -0.950. The summed E-state index contributed by atoms with van der Waals surface area (Å²) in [6, 6.07) is 0. The fourth-order valence-corrected chi connectivity index (χ4v) is 3.45. The van der Waals surface area contributed by atoms with E-state index in [0.717, 1.165) is 38.4 Å². The molecule has 0 heterocycles. The van der Waals surface area contributed by atoms with E-state index in [1.165, 1.54) is 5.57 Å². The van der Waals surface area contributed by atoms with Crippen LogP contribution in [0.2, 0.25) is 0 Å². The van der Waals surface area contributed by atoms with Crippen LogP contribution in [0.3, 0.4) is 0 Å². The fourth-order valence-electron chi connectivity index (χ4n) is 1.68. The summed E-state index contributed by atoms with van der Waals surface area (Å²) in [7, 11) is -8.40. The average molecular weight is 397 g/mol. The normalized spacial score (nSPS) is 17.5. The molecule has 0 aliphatic rings. The van der Waals surface area contributed by atoms with Gasteiger partial charge in [-0.2, -0.15) is 4.31 Å². The monoisotopic (exact) mass is 397 g/mol. The quantitative estimate of drug-likeness (QED) is 0.115. The Labute approximate surface area is 147 Å². The van der Waals surface area contributed by atoms with Crippen molar-refractivity contribution < 1.29 is 32.3 Å². The molecule has 0 spiro atoms. The van der Waals surface area contributed by atoms with Crippen molar-refractivity contribution in [3.05, 3.63) is 33.7 Å². The zero-order chi connectivity index (χ0) is 19.3. The summed E-state index contributed by atoms with van der Waals surface area (Å²) in [5, 5.41) is 3.47. The van der Waals surface area contributed by atoms with Gasteiger partial charge in [0, 0.05) is 18.6 Å². The Morgan fingerprint density at radius 2 is 1.80 bits per heavy atom. The van der Waals surface area contributed by atoms with E-state index < -0.39 is 15.6 Å². The Morgan fingerprint density at radius 3 is 2.40 bits per heavy atom.